The number of H-pyrrole nitrogens is 1. The summed E-state index contributed by atoms with van der Waals surface area (Å²) in [6.45, 7) is 3.31. The van der Waals surface area contributed by atoms with Crippen molar-refractivity contribution < 1.29 is 4.79 Å². The fourth-order valence-corrected chi connectivity index (χ4v) is 1.53. The summed E-state index contributed by atoms with van der Waals surface area (Å²) in [6.07, 6.45) is 0. The Bertz CT molecular complexity index is 616. The average molecular weight is 217 g/mol. The van der Waals surface area contributed by atoms with E-state index < -0.39 is 5.69 Å². The Morgan fingerprint density at radius 3 is 2.88 bits per heavy atom. The van der Waals surface area contributed by atoms with Crippen LogP contribution in [0.4, 0.5) is 5.82 Å². The van der Waals surface area contributed by atoms with Crippen molar-refractivity contribution in [2.45, 2.75) is 13.8 Å². The highest BCUT2D eigenvalue weighted by atomic mass is 16.2. The highest BCUT2D eigenvalue weighted by Gasteiger charge is 2.06. The van der Waals surface area contributed by atoms with Crippen LogP contribution in [0.25, 0.3) is 10.9 Å². The van der Waals surface area contributed by atoms with E-state index >= 15 is 0 Å². The Kier molecular flexibility index (Phi) is 2.44. The van der Waals surface area contributed by atoms with Gasteiger partial charge >= 0.3 is 5.69 Å². The van der Waals surface area contributed by atoms with Gasteiger partial charge in [0.1, 0.15) is 5.82 Å². The molecule has 0 aliphatic carbocycles. The largest absolute Gasteiger partial charge is 0.347 e. The van der Waals surface area contributed by atoms with Crippen molar-refractivity contribution in [3.05, 3.63) is 34.2 Å². The van der Waals surface area contributed by atoms with E-state index in [2.05, 4.69) is 15.3 Å². The molecule has 0 bridgehead atoms. The molecule has 2 rings (SSSR count). The van der Waals surface area contributed by atoms with Gasteiger partial charge in [-0.1, -0.05) is 11.6 Å². The summed E-state index contributed by atoms with van der Waals surface area (Å²) in [5.74, 6) is 0.0517. The molecule has 0 atom stereocenters. The number of nitrogens with one attached hydrogen (secondary N) is 2. The van der Waals surface area contributed by atoms with Crippen LogP contribution in [-0.2, 0) is 4.79 Å². The summed E-state index contributed by atoms with van der Waals surface area (Å²) in [7, 11) is 0. The first-order chi connectivity index (χ1) is 7.56. The Morgan fingerprint density at radius 2 is 2.19 bits per heavy atom. The summed E-state index contributed by atoms with van der Waals surface area (Å²) < 4.78 is 0. The molecule has 1 heterocycles. The van der Waals surface area contributed by atoms with Gasteiger partial charge in [-0.3, -0.25) is 4.79 Å². The molecule has 0 saturated heterocycles. The lowest BCUT2D eigenvalue weighted by Gasteiger charge is -2.05. The fraction of sp³-hybridized carbons (Fsp3) is 0.182. The van der Waals surface area contributed by atoms with E-state index in [4.69, 9.17) is 0 Å². The molecular formula is C11H11N3O2. The van der Waals surface area contributed by atoms with Crippen LogP contribution in [0.15, 0.2) is 23.0 Å². The van der Waals surface area contributed by atoms with E-state index in [9.17, 15) is 9.59 Å². The minimum absolute atomic E-state index is 0.249. The molecule has 2 N–H and O–H groups in total. The van der Waals surface area contributed by atoms with Gasteiger partial charge in [0.25, 0.3) is 0 Å². The molecule has 16 heavy (non-hydrogen) atoms. The molecule has 0 saturated carbocycles. The SMILES string of the molecule is CC(=O)Nc1nc(=O)[nH]c2ccc(C)cc12. The Balaban J connectivity index is 2.74. The molecule has 5 heteroatoms. The monoisotopic (exact) mass is 217 g/mol. The van der Waals surface area contributed by atoms with Gasteiger partial charge in [0.2, 0.25) is 5.91 Å². The van der Waals surface area contributed by atoms with Crippen molar-refractivity contribution in [2.24, 2.45) is 0 Å². The molecule has 82 valence electrons. The number of carbonyl (C=O) groups excluding carboxylic acids is 1. The number of amides is 1. The summed E-state index contributed by atoms with van der Waals surface area (Å²) in [6, 6.07) is 5.54. The van der Waals surface area contributed by atoms with E-state index in [0.29, 0.717) is 11.3 Å². The number of hydrogen-bond acceptors (Lipinski definition) is 3. The molecule has 2 aromatic rings. The summed E-state index contributed by atoms with van der Waals surface area (Å²) in [4.78, 5) is 28.6. The van der Waals surface area contributed by atoms with Crippen LogP contribution < -0.4 is 11.0 Å². The highest BCUT2D eigenvalue weighted by molar-refractivity contribution is 5.98. The second-order valence-corrected chi connectivity index (χ2v) is 3.62. The number of aromatic nitrogens is 2. The standard InChI is InChI=1S/C11H11N3O2/c1-6-3-4-9-8(5-6)10(12-7(2)15)14-11(16)13-9/h3-5H,1-2H3,(H2,12,13,14,15,16). The summed E-state index contributed by atoms with van der Waals surface area (Å²) in [5, 5.41) is 3.28. The maximum Gasteiger partial charge on any atom is 0.347 e. The summed E-state index contributed by atoms with van der Waals surface area (Å²) in [5.41, 5.74) is 1.22. The zero-order valence-corrected chi connectivity index (χ0v) is 9.00. The van der Waals surface area contributed by atoms with Crippen molar-refractivity contribution >= 4 is 22.6 Å². The minimum atomic E-state index is -0.472. The quantitative estimate of drug-likeness (QED) is 0.753. The first kappa shape index (κ1) is 10.4. The van der Waals surface area contributed by atoms with Crippen molar-refractivity contribution in [3.8, 4) is 0 Å². The lowest BCUT2D eigenvalue weighted by molar-refractivity contribution is -0.114. The third kappa shape index (κ3) is 1.93. The molecular weight excluding hydrogens is 206 g/mol. The van der Waals surface area contributed by atoms with Crippen molar-refractivity contribution in [2.75, 3.05) is 5.32 Å². The first-order valence-electron chi connectivity index (χ1n) is 4.84. The molecule has 0 unspecified atom stereocenters. The van der Waals surface area contributed by atoms with Gasteiger partial charge in [-0.2, -0.15) is 4.98 Å². The smallest absolute Gasteiger partial charge is 0.310 e. The van der Waals surface area contributed by atoms with Crippen molar-refractivity contribution in [3.63, 3.8) is 0 Å². The molecule has 1 amide bonds. The zero-order valence-electron chi connectivity index (χ0n) is 9.00. The molecule has 0 aliphatic rings. The maximum absolute atomic E-state index is 11.3. The number of aryl methyl sites for hydroxylation is 1. The van der Waals surface area contributed by atoms with Gasteiger partial charge in [0, 0.05) is 12.3 Å². The predicted molar refractivity (Wildman–Crippen MR) is 61.4 cm³/mol. The number of anilines is 1. The van der Waals surface area contributed by atoms with Crippen LogP contribution in [0.2, 0.25) is 0 Å². The average Bonchev–Trinajstić information content (AvgIpc) is 2.18. The predicted octanol–water partition coefficient (Wildman–Crippen LogP) is 1.19. The Morgan fingerprint density at radius 1 is 1.44 bits per heavy atom. The number of aromatic amines is 1. The van der Waals surface area contributed by atoms with E-state index in [1.165, 1.54) is 6.92 Å². The van der Waals surface area contributed by atoms with E-state index in [1.807, 2.05) is 19.1 Å². The third-order valence-corrected chi connectivity index (χ3v) is 2.18. The van der Waals surface area contributed by atoms with Crippen LogP contribution in [-0.4, -0.2) is 15.9 Å². The molecule has 0 fully saturated rings. The van der Waals surface area contributed by atoms with Gasteiger partial charge in [0.15, 0.2) is 0 Å². The second-order valence-electron chi connectivity index (χ2n) is 3.62. The summed E-state index contributed by atoms with van der Waals surface area (Å²) >= 11 is 0. The number of rotatable bonds is 1. The second kappa shape index (κ2) is 3.77. The van der Waals surface area contributed by atoms with Crippen molar-refractivity contribution in [1.29, 1.82) is 0 Å². The number of carbonyl (C=O) groups is 1. The molecule has 1 aromatic carbocycles. The highest BCUT2D eigenvalue weighted by Crippen LogP contribution is 2.18. The lowest BCUT2D eigenvalue weighted by Crippen LogP contribution is -2.16. The third-order valence-electron chi connectivity index (χ3n) is 2.18. The topological polar surface area (TPSA) is 74.8 Å². The fourth-order valence-electron chi connectivity index (χ4n) is 1.53. The van der Waals surface area contributed by atoms with E-state index in [0.717, 1.165) is 10.9 Å². The first-order valence-corrected chi connectivity index (χ1v) is 4.84. The number of fused-ring (bicyclic) bond motifs is 1. The maximum atomic E-state index is 11.3. The van der Waals surface area contributed by atoms with Crippen LogP contribution in [0, 0.1) is 6.92 Å². The zero-order chi connectivity index (χ0) is 11.7. The lowest BCUT2D eigenvalue weighted by atomic mass is 10.1. The van der Waals surface area contributed by atoms with Crippen LogP contribution >= 0.6 is 0 Å². The molecule has 5 nitrogen and oxygen atoms in total. The normalized spacial score (nSPS) is 10.4. The van der Waals surface area contributed by atoms with E-state index in [1.54, 1.807) is 6.07 Å². The molecule has 0 radical (unpaired) electrons. The van der Waals surface area contributed by atoms with Gasteiger partial charge in [-0.25, -0.2) is 4.79 Å². The van der Waals surface area contributed by atoms with Gasteiger partial charge < -0.3 is 10.3 Å². The number of nitrogens with zero attached hydrogens (tertiary/aromatic N) is 1. The van der Waals surface area contributed by atoms with Crippen LogP contribution in [0.3, 0.4) is 0 Å². The minimum Gasteiger partial charge on any atom is -0.310 e. The Hall–Kier alpha value is -2.17. The van der Waals surface area contributed by atoms with Crippen molar-refractivity contribution in [1.82, 2.24) is 9.97 Å². The van der Waals surface area contributed by atoms with Crippen LogP contribution in [0.5, 0.6) is 0 Å². The molecule has 0 spiro atoms. The molecule has 0 aliphatic heterocycles. The van der Waals surface area contributed by atoms with Gasteiger partial charge in [-0.15, -0.1) is 0 Å². The molecule has 1 aromatic heterocycles. The van der Waals surface area contributed by atoms with E-state index in [-0.39, 0.29) is 5.91 Å². The van der Waals surface area contributed by atoms with Crippen LogP contribution in [0.1, 0.15) is 12.5 Å². The van der Waals surface area contributed by atoms with Gasteiger partial charge in [-0.05, 0) is 19.1 Å². The van der Waals surface area contributed by atoms with Gasteiger partial charge in [0.05, 0.1) is 5.52 Å². The number of benzene rings is 1. The Labute approximate surface area is 91.5 Å². The number of hydrogen-bond donors (Lipinski definition) is 2.